The molecule has 1 heterocycles. The van der Waals surface area contributed by atoms with Crippen molar-refractivity contribution < 1.29 is 4.74 Å². The lowest BCUT2D eigenvalue weighted by atomic mass is 9.94. The fourth-order valence-electron chi connectivity index (χ4n) is 3.01. The predicted octanol–water partition coefficient (Wildman–Crippen LogP) is 4.09. The molecule has 0 saturated carbocycles. The van der Waals surface area contributed by atoms with Gasteiger partial charge >= 0.3 is 0 Å². The average molecular weight is 335 g/mol. The van der Waals surface area contributed by atoms with Crippen molar-refractivity contribution >= 4 is 0 Å². The number of rotatable bonds is 6. The van der Waals surface area contributed by atoms with Crippen LogP contribution in [0.2, 0.25) is 0 Å². The number of benzene rings is 2. The van der Waals surface area contributed by atoms with E-state index < -0.39 is 0 Å². The van der Waals surface area contributed by atoms with Crippen molar-refractivity contribution in [1.82, 2.24) is 9.78 Å². The van der Waals surface area contributed by atoms with E-state index in [1.165, 1.54) is 0 Å². The summed E-state index contributed by atoms with van der Waals surface area (Å²) in [7, 11) is 1.68. The van der Waals surface area contributed by atoms with E-state index in [2.05, 4.69) is 44.2 Å². The van der Waals surface area contributed by atoms with E-state index in [1.54, 1.807) is 7.11 Å². The molecule has 0 aliphatic heterocycles. The highest BCUT2D eigenvalue weighted by atomic mass is 16.5. The van der Waals surface area contributed by atoms with Gasteiger partial charge in [0.05, 0.1) is 24.2 Å². The average Bonchev–Trinajstić information content (AvgIpc) is 3.09. The molecule has 0 spiro atoms. The van der Waals surface area contributed by atoms with Gasteiger partial charge in [-0.05, 0) is 41.8 Å². The van der Waals surface area contributed by atoms with Gasteiger partial charge in [0.25, 0.3) is 0 Å². The molecule has 1 aromatic heterocycles. The van der Waals surface area contributed by atoms with Gasteiger partial charge in [-0.15, -0.1) is 0 Å². The van der Waals surface area contributed by atoms with E-state index in [1.807, 2.05) is 35.0 Å². The summed E-state index contributed by atoms with van der Waals surface area (Å²) in [5.74, 6) is 1.24. The minimum atomic E-state index is 0.0512. The normalized spacial score (nSPS) is 12.4. The van der Waals surface area contributed by atoms with Crippen molar-refractivity contribution in [3.8, 4) is 11.4 Å². The van der Waals surface area contributed by atoms with Crippen LogP contribution in [0.1, 0.15) is 42.6 Å². The zero-order valence-corrected chi connectivity index (χ0v) is 15.0. The Kier molecular flexibility index (Phi) is 5.19. The highest BCUT2D eigenvalue weighted by Gasteiger charge is 2.21. The first kappa shape index (κ1) is 17.2. The molecule has 2 aromatic carbocycles. The van der Waals surface area contributed by atoms with Gasteiger partial charge < -0.3 is 10.5 Å². The van der Waals surface area contributed by atoms with E-state index in [-0.39, 0.29) is 5.92 Å². The van der Waals surface area contributed by atoms with Gasteiger partial charge in [-0.25, -0.2) is 4.68 Å². The number of para-hydroxylation sites is 1. The van der Waals surface area contributed by atoms with E-state index in [0.717, 1.165) is 28.4 Å². The largest absolute Gasteiger partial charge is 0.497 e. The fraction of sp³-hybridized carbons (Fsp3) is 0.286. The highest BCUT2D eigenvalue weighted by Crippen LogP contribution is 2.30. The Morgan fingerprint density at radius 1 is 1.04 bits per heavy atom. The Morgan fingerprint density at radius 3 is 2.44 bits per heavy atom. The van der Waals surface area contributed by atoms with Gasteiger partial charge in [0, 0.05) is 12.5 Å². The number of aromatic nitrogens is 2. The van der Waals surface area contributed by atoms with Crippen molar-refractivity contribution in [2.75, 3.05) is 13.7 Å². The van der Waals surface area contributed by atoms with Crippen LogP contribution in [0.4, 0.5) is 0 Å². The molecule has 0 radical (unpaired) electrons. The second kappa shape index (κ2) is 7.53. The third-order valence-corrected chi connectivity index (χ3v) is 4.44. The number of hydrogen-bond acceptors (Lipinski definition) is 3. The Balaban J connectivity index is 2.12. The first-order valence-electron chi connectivity index (χ1n) is 8.63. The van der Waals surface area contributed by atoms with E-state index in [9.17, 15) is 0 Å². The van der Waals surface area contributed by atoms with E-state index >= 15 is 0 Å². The van der Waals surface area contributed by atoms with Crippen molar-refractivity contribution in [2.24, 2.45) is 5.73 Å². The summed E-state index contributed by atoms with van der Waals surface area (Å²) in [5, 5.41) is 4.85. The van der Waals surface area contributed by atoms with Gasteiger partial charge in [-0.3, -0.25) is 0 Å². The van der Waals surface area contributed by atoms with Gasteiger partial charge in [0.1, 0.15) is 5.75 Å². The second-order valence-electron chi connectivity index (χ2n) is 6.46. The van der Waals surface area contributed by atoms with Crippen molar-refractivity contribution in [2.45, 2.75) is 25.7 Å². The van der Waals surface area contributed by atoms with Crippen LogP contribution in [-0.2, 0) is 0 Å². The number of nitrogens with zero attached hydrogens (tertiary/aromatic N) is 2. The zero-order chi connectivity index (χ0) is 17.8. The van der Waals surface area contributed by atoms with Crippen LogP contribution in [0, 0.1) is 0 Å². The molecule has 0 amide bonds. The van der Waals surface area contributed by atoms with Crippen molar-refractivity contribution in [1.29, 1.82) is 0 Å². The van der Waals surface area contributed by atoms with Crippen LogP contribution >= 0.6 is 0 Å². The number of methoxy groups -OCH3 is 1. The summed E-state index contributed by atoms with van der Waals surface area (Å²) < 4.78 is 7.40. The topological polar surface area (TPSA) is 53.1 Å². The van der Waals surface area contributed by atoms with Crippen LogP contribution in [0.15, 0.2) is 60.7 Å². The summed E-state index contributed by atoms with van der Waals surface area (Å²) in [5.41, 5.74) is 10.5. The zero-order valence-electron chi connectivity index (χ0n) is 15.0. The Labute approximate surface area is 149 Å². The molecule has 4 nitrogen and oxygen atoms in total. The summed E-state index contributed by atoms with van der Waals surface area (Å²) in [6.45, 7) is 4.82. The summed E-state index contributed by atoms with van der Waals surface area (Å²) in [6, 6.07) is 20.5. The summed E-state index contributed by atoms with van der Waals surface area (Å²) in [4.78, 5) is 0. The monoisotopic (exact) mass is 335 g/mol. The first-order valence-corrected chi connectivity index (χ1v) is 8.63. The van der Waals surface area contributed by atoms with Crippen LogP contribution in [0.3, 0.4) is 0 Å². The maximum absolute atomic E-state index is 6.18. The molecule has 3 aromatic rings. The van der Waals surface area contributed by atoms with Gasteiger partial charge in [0.2, 0.25) is 0 Å². The maximum atomic E-state index is 6.18. The molecule has 4 heteroatoms. The molecule has 0 aliphatic carbocycles. The molecule has 1 unspecified atom stereocenters. The summed E-state index contributed by atoms with van der Waals surface area (Å²) >= 11 is 0. The molecule has 2 N–H and O–H groups in total. The van der Waals surface area contributed by atoms with Crippen molar-refractivity contribution in [3.63, 3.8) is 0 Å². The minimum Gasteiger partial charge on any atom is -0.497 e. The van der Waals surface area contributed by atoms with Gasteiger partial charge in [0.15, 0.2) is 0 Å². The smallest absolute Gasteiger partial charge is 0.119 e. The molecule has 130 valence electrons. The van der Waals surface area contributed by atoms with Gasteiger partial charge in [-0.1, -0.05) is 44.2 Å². The standard InChI is InChI=1S/C21H25N3O/c1-15(2)20-13-21(24(23-20)17-9-5-4-6-10-17)19(14-22)16-8-7-11-18(12-16)25-3/h4-13,15,19H,14,22H2,1-3H3. The third kappa shape index (κ3) is 3.59. The predicted molar refractivity (Wildman–Crippen MR) is 102 cm³/mol. The molecule has 0 saturated heterocycles. The highest BCUT2D eigenvalue weighted by molar-refractivity contribution is 5.40. The van der Waals surface area contributed by atoms with E-state index in [0.29, 0.717) is 12.5 Å². The first-order chi connectivity index (χ1) is 12.1. The number of hydrogen-bond donors (Lipinski definition) is 1. The Bertz CT molecular complexity index is 824. The molecule has 3 rings (SSSR count). The van der Waals surface area contributed by atoms with Crippen molar-refractivity contribution in [3.05, 3.63) is 77.6 Å². The minimum absolute atomic E-state index is 0.0512. The molecule has 1 atom stereocenters. The van der Waals surface area contributed by atoms with Crippen LogP contribution < -0.4 is 10.5 Å². The molecular weight excluding hydrogens is 310 g/mol. The third-order valence-electron chi connectivity index (χ3n) is 4.44. The van der Waals surface area contributed by atoms with Crippen LogP contribution in [0.25, 0.3) is 5.69 Å². The SMILES string of the molecule is COc1cccc(C(CN)c2cc(C(C)C)nn2-c2ccccc2)c1. The second-order valence-corrected chi connectivity index (χ2v) is 6.46. The Morgan fingerprint density at radius 2 is 1.80 bits per heavy atom. The van der Waals surface area contributed by atoms with Crippen LogP contribution in [-0.4, -0.2) is 23.4 Å². The Hall–Kier alpha value is -2.59. The quantitative estimate of drug-likeness (QED) is 0.738. The molecular formula is C21H25N3O. The lowest BCUT2D eigenvalue weighted by molar-refractivity contribution is 0.414. The van der Waals surface area contributed by atoms with Gasteiger partial charge in [-0.2, -0.15) is 5.10 Å². The van der Waals surface area contributed by atoms with E-state index in [4.69, 9.17) is 15.6 Å². The van der Waals surface area contributed by atoms with Crippen LogP contribution in [0.5, 0.6) is 5.75 Å². The molecule has 0 fully saturated rings. The molecule has 0 aliphatic rings. The summed E-state index contributed by atoms with van der Waals surface area (Å²) in [6.07, 6.45) is 0. The lowest BCUT2D eigenvalue weighted by Crippen LogP contribution is -2.17. The molecule has 0 bridgehead atoms. The maximum Gasteiger partial charge on any atom is 0.119 e. The fourth-order valence-corrected chi connectivity index (χ4v) is 3.01. The number of nitrogens with two attached hydrogens (primary N) is 1. The molecule has 25 heavy (non-hydrogen) atoms. The number of ether oxygens (including phenoxy) is 1. The lowest BCUT2D eigenvalue weighted by Gasteiger charge is -2.18.